The number of aromatic nitrogens is 1. The molecule has 1 aromatic carbocycles. The molecule has 1 aromatic heterocycles. The van der Waals surface area contributed by atoms with E-state index in [1.165, 1.54) is 28.5 Å². The zero-order valence-electron chi connectivity index (χ0n) is 12.1. The zero-order valence-corrected chi connectivity index (χ0v) is 12.1. The molecule has 0 saturated carbocycles. The second kappa shape index (κ2) is 6.58. The summed E-state index contributed by atoms with van der Waals surface area (Å²) in [6.45, 7) is 11.4. The van der Waals surface area contributed by atoms with Crippen LogP contribution >= 0.6 is 0 Å². The number of nitrogens with one attached hydrogen (secondary N) is 1. The largest absolute Gasteiger partial charge is 0.343 e. The van der Waals surface area contributed by atoms with E-state index in [9.17, 15) is 0 Å². The molecule has 1 N–H and O–H groups in total. The van der Waals surface area contributed by atoms with Crippen LogP contribution < -0.4 is 5.32 Å². The summed E-state index contributed by atoms with van der Waals surface area (Å²) >= 11 is 0. The van der Waals surface area contributed by atoms with E-state index < -0.39 is 0 Å². The lowest BCUT2D eigenvalue weighted by molar-refractivity contribution is 0.678. The van der Waals surface area contributed by atoms with Gasteiger partial charge < -0.3 is 9.88 Å². The maximum absolute atomic E-state index is 4.10. The Morgan fingerprint density at radius 3 is 2.84 bits per heavy atom. The van der Waals surface area contributed by atoms with Crippen molar-refractivity contribution < 1.29 is 0 Å². The molecule has 1 heterocycles. The molecule has 0 bridgehead atoms. The van der Waals surface area contributed by atoms with Crippen LogP contribution in [0.25, 0.3) is 10.9 Å². The predicted molar refractivity (Wildman–Crippen MR) is 83.4 cm³/mol. The Morgan fingerprint density at radius 1 is 1.26 bits per heavy atom. The molecule has 19 heavy (non-hydrogen) atoms. The topological polar surface area (TPSA) is 17.0 Å². The van der Waals surface area contributed by atoms with Crippen LogP contribution in [-0.4, -0.2) is 11.1 Å². The number of hydrogen-bond donors (Lipinski definition) is 1. The molecule has 0 unspecified atom stereocenters. The molecule has 2 aromatic rings. The molecule has 0 aliphatic carbocycles. The van der Waals surface area contributed by atoms with E-state index in [0.29, 0.717) is 0 Å². The first-order valence-electron chi connectivity index (χ1n) is 7.20. The fourth-order valence-corrected chi connectivity index (χ4v) is 2.33. The summed E-state index contributed by atoms with van der Waals surface area (Å²) in [4.78, 5) is 0. The summed E-state index contributed by atoms with van der Waals surface area (Å²) in [5, 5.41) is 4.83. The predicted octanol–water partition coefficient (Wildman–Crippen LogP) is 4.11. The first kappa shape index (κ1) is 13.9. The van der Waals surface area contributed by atoms with Crippen molar-refractivity contribution in [3.8, 4) is 0 Å². The Balaban J connectivity index is 2.23. The van der Waals surface area contributed by atoms with Gasteiger partial charge in [0, 0.05) is 30.2 Å². The highest BCUT2D eigenvalue weighted by atomic mass is 15.0. The second-order valence-electron chi connectivity index (χ2n) is 5.07. The quantitative estimate of drug-likeness (QED) is 0.583. The average Bonchev–Trinajstić information content (AvgIpc) is 2.83. The van der Waals surface area contributed by atoms with E-state index in [4.69, 9.17) is 0 Å². The molecule has 102 valence electrons. The molecule has 0 radical (unpaired) electrons. The van der Waals surface area contributed by atoms with Gasteiger partial charge in [-0.2, -0.15) is 0 Å². The fraction of sp³-hybridized carbons (Fsp3) is 0.412. The van der Waals surface area contributed by atoms with Crippen LogP contribution in [0.1, 0.15) is 32.3 Å². The van der Waals surface area contributed by atoms with Crippen molar-refractivity contribution in [3.05, 3.63) is 48.2 Å². The van der Waals surface area contributed by atoms with Gasteiger partial charge in [-0.15, -0.1) is 0 Å². The van der Waals surface area contributed by atoms with E-state index in [1.54, 1.807) is 0 Å². The summed E-state index contributed by atoms with van der Waals surface area (Å²) in [6.07, 6.45) is 4.39. The molecule has 0 spiro atoms. The SMILES string of the molecule is C=C(CC)Cn1ccc2c(CNCCC)cccc21. The van der Waals surface area contributed by atoms with E-state index in [2.05, 4.69) is 60.8 Å². The van der Waals surface area contributed by atoms with Crippen molar-refractivity contribution in [2.24, 2.45) is 0 Å². The third-order valence-corrected chi connectivity index (χ3v) is 3.54. The minimum Gasteiger partial charge on any atom is -0.343 e. The van der Waals surface area contributed by atoms with Crippen LogP contribution in [0.15, 0.2) is 42.6 Å². The molecule has 0 atom stereocenters. The van der Waals surface area contributed by atoms with E-state index in [0.717, 1.165) is 26.1 Å². The van der Waals surface area contributed by atoms with Crippen LogP contribution in [0.5, 0.6) is 0 Å². The van der Waals surface area contributed by atoms with Crippen LogP contribution in [0.4, 0.5) is 0 Å². The highest BCUT2D eigenvalue weighted by Gasteiger charge is 2.05. The lowest BCUT2D eigenvalue weighted by Gasteiger charge is -2.09. The maximum atomic E-state index is 4.10. The normalized spacial score (nSPS) is 11.1. The molecule has 0 fully saturated rings. The lowest BCUT2D eigenvalue weighted by atomic mass is 10.1. The Morgan fingerprint density at radius 2 is 2.11 bits per heavy atom. The monoisotopic (exact) mass is 256 g/mol. The molecule has 0 aliphatic heterocycles. The van der Waals surface area contributed by atoms with Crippen molar-refractivity contribution in [2.75, 3.05) is 6.54 Å². The van der Waals surface area contributed by atoms with Gasteiger partial charge in [0.2, 0.25) is 0 Å². The number of allylic oxidation sites excluding steroid dienone is 1. The number of hydrogen-bond acceptors (Lipinski definition) is 1. The minimum atomic E-state index is 0.922. The van der Waals surface area contributed by atoms with Crippen LogP contribution in [0, 0.1) is 0 Å². The smallest absolute Gasteiger partial charge is 0.0486 e. The second-order valence-corrected chi connectivity index (χ2v) is 5.07. The summed E-state index contributed by atoms with van der Waals surface area (Å²) in [5.41, 5.74) is 3.96. The zero-order chi connectivity index (χ0) is 13.7. The summed E-state index contributed by atoms with van der Waals surface area (Å²) in [7, 11) is 0. The van der Waals surface area contributed by atoms with Gasteiger partial charge in [0.1, 0.15) is 0 Å². The van der Waals surface area contributed by atoms with Crippen LogP contribution in [0.3, 0.4) is 0 Å². The van der Waals surface area contributed by atoms with Crippen LogP contribution in [-0.2, 0) is 13.1 Å². The molecular formula is C17H24N2. The molecule has 0 amide bonds. The summed E-state index contributed by atoms with van der Waals surface area (Å²) in [5.74, 6) is 0. The first-order valence-corrected chi connectivity index (χ1v) is 7.20. The van der Waals surface area contributed by atoms with Gasteiger partial charge in [-0.1, -0.05) is 38.1 Å². The third kappa shape index (κ3) is 3.27. The first-order chi connectivity index (χ1) is 9.26. The summed E-state index contributed by atoms with van der Waals surface area (Å²) < 4.78 is 2.30. The standard InChI is InChI=1S/C17H24N2/c1-4-10-18-12-15-7-6-8-17-16(15)9-11-19(17)13-14(3)5-2/h6-9,11,18H,3-5,10,12-13H2,1-2H3. The number of fused-ring (bicyclic) bond motifs is 1. The van der Waals surface area contributed by atoms with E-state index in [-0.39, 0.29) is 0 Å². The Bertz CT molecular complexity index is 551. The van der Waals surface area contributed by atoms with Crippen molar-refractivity contribution in [1.82, 2.24) is 9.88 Å². The molecule has 0 aliphatic rings. The van der Waals surface area contributed by atoms with Crippen LogP contribution in [0.2, 0.25) is 0 Å². The third-order valence-electron chi connectivity index (χ3n) is 3.54. The molecule has 2 heteroatoms. The van der Waals surface area contributed by atoms with E-state index >= 15 is 0 Å². The summed E-state index contributed by atoms with van der Waals surface area (Å²) in [6, 6.07) is 8.78. The Labute approximate surface area is 116 Å². The minimum absolute atomic E-state index is 0.922. The van der Waals surface area contributed by atoms with Crippen molar-refractivity contribution in [3.63, 3.8) is 0 Å². The number of benzene rings is 1. The van der Waals surface area contributed by atoms with Crippen molar-refractivity contribution in [1.29, 1.82) is 0 Å². The van der Waals surface area contributed by atoms with Gasteiger partial charge in [0.25, 0.3) is 0 Å². The van der Waals surface area contributed by atoms with Gasteiger partial charge >= 0.3 is 0 Å². The highest BCUT2D eigenvalue weighted by Crippen LogP contribution is 2.21. The van der Waals surface area contributed by atoms with Gasteiger partial charge in [-0.25, -0.2) is 0 Å². The van der Waals surface area contributed by atoms with Gasteiger partial charge in [0.05, 0.1) is 0 Å². The van der Waals surface area contributed by atoms with Crippen molar-refractivity contribution >= 4 is 10.9 Å². The lowest BCUT2D eigenvalue weighted by Crippen LogP contribution is -2.13. The average molecular weight is 256 g/mol. The molecule has 0 saturated heterocycles. The number of rotatable bonds is 7. The van der Waals surface area contributed by atoms with Gasteiger partial charge in [-0.3, -0.25) is 0 Å². The van der Waals surface area contributed by atoms with Gasteiger partial charge in [0.15, 0.2) is 0 Å². The molecule has 2 rings (SSSR count). The fourth-order valence-electron chi connectivity index (χ4n) is 2.33. The Kier molecular flexibility index (Phi) is 4.80. The highest BCUT2D eigenvalue weighted by molar-refractivity contribution is 5.83. The Hall–Kier alpha value is -1.54. The maximum Gasteiger partial charge on any atom is 0.0486 e. The van der Waals surface area contributed by atoms with Crippen molar-refractivity contribution in [2.45, 2.75) is 39.8 Å². The van der Waals surface area contributed by atoms with E-state index in [1.807, 2.05) is 0 Å². The molecular weight excluding hydrogens is 232 g/mol. The number of nitrogens with zero attached hydrogens (tertiary/aromatic N) is 1. The van der Waals surface area contributed by atoms with Gasteiger partial charge in [-0.05, 0) is 37.1 Å². The molecule has 2 nitrogen and oxygen atoms in total.